The third-order valence-electron chi connectivity index (χ3n) is 3.38. The maximum Gasteiger partial charge on any atom is 0.339 e. The van der Waals surface area contributed by atoms with E-state index in [0.29, 0.717) is 11.4 Å². The molecule has 0 spiro atoms. The molecule has 0 radical (unpaired) electrons. The molecule has 6 nitrogen and oxygen atoms in total. The van der Waals surface area contributed by atoms with Crippen molar-refractivity contribution in [2.75, 3.05) is 19.0 Å². The minimum absolute atomic E-state index is 0.171. The van der Waals surface area contributed by atoms with Crippen LogP contribution < -0.4 is 10.6 Å². The van der Waals surface area contributed by atoms with E-state index in [1.807, 2.05) is 12.1 Å². The van der Waals surface area contributed by atoms with E-state index in [-0.39, 0.29) is 17.8 Å². The lowest BCUT2D eigenvalue weighted by Gasteiger charge is -2.10. The normalized spacial score (nSPS) is 10.0. The van der Waals surface area contributed by atoms with Gasteiger partial charge in [0.25, 0.3) is 0 Å². The van der Waals surface area contributed by atoms with Crippen LogP contribution in [0, 0.1) is 0 Å². The Hall–Kier alpha value is -2.86. The summed E-state index contributed by atoms with van der Waals surface area (Å²) in [7, 11) is 1.24. The van der Waals surface area contributed by atoms with Crippen LogP contribution in [0.4, 0.5) is 5.69 Å². The monoisotopic (exact) mass is 360 g/mol. The fourth-order valence-corrected chi connectivity index (χ4v) is 2.37. The second kappa shape index (κ2) is 8.84. The summed E-state index contributed by atoms with van der Waals surface area (Å²) >= 11 is 5.89. The number of amides is 2. The topological polar surface area (TPSA) is 84.5 Å². The maximum atomic E-state index is 12.0. The Morgan fingerprint density at radius 2 is 1.80 bits per heavy atom. The zero-order valence-electron chi connectivity index (χ0n) is 13.5. The van der Waals surface area contributed by atoms with Crippen LogP contribution >= 0.6 is 11.6 Å². The lowest BCUT2D eigenvalue weighted by atomic mass is 10.1. The number of nitrogens with one attached hydrogen (secondary N) is 2. The summed E-state index contributed by atoms with van der Waals surface area (Å²) in [6.45, 7) is 0.283. The first-order valence-electron chi connectivity index (χ1n) is 7.52. The number of hydrogen-bond donors (Lipinski definition) is 2. The van der Waals surface area contributed by atoms with E-state index in [0.717, 1.165) is 5.56 Å². The Bertz CT molecular complexity index is 792. The third-order valence-corrected chi connectivity index (χ3v) is 3.61. The quantitative estimate of drug-likeness (QED) is 0.633. The van der Waals surface area contributed by atoms with Gasteiger partial charge in [-0.3, -0.25) is 9.59 Å². The number of rotatable bonds is 5. The molecule has 2 aromatic rings. The molecule has 0 aliphatic rings. The van der Waals surface area contributed by atoms with E-state index in [4.69, 9.17) is 11.6 Å². The van der Waals surface area contributed by atoms with Crippen molar-refractivity contribution in [3.8, 4) is 0 Å². The van der Waals surface area contributed by atoms with Gasteiger partial charge in [-0.1, -0.05) is 35.9 Å². The second-order valence-corrected chi connectivity index (χ2v) is 5.56. The Morgan fingerprint density at radius 3 is 2.52 bits per heavy atom. The van der Waals surface area contributed by atoms with Crippen molar-refractivity contribution in [3.05, 3.63) is 64.7 Å². The molecule has 7 heteroatoms. The van der Waals surface area contributed by atoms with Crippen molar-refractivity contribution < 1.29 is 19.1 Å². The highest BCUT2D eigenvalue weighted by Gasteiger charge is 2.17. The zero-order chi connectivity index (χ0) is 18.2. The highest BCUT2D eigenvalue weighted by molar-refractivity contribution is 6.40. The summed E-state index contributed by atoms with van der Waals surface area (Å²) in [6, 6.07) is 13.5. The summed E-state index contributed by atoms with van der Waals surface area (Å²) in [5, 5.41) is 5.55. The fourth-order valence-electron chi connectivity index (χ4n) is 2.15. The SMILES string of the molecule is COC(=O)c1ccccc1NC(=O)C(=O)NCCc1cccc(Cl)c1. The molecule has 2 N–H and O–H groups in total. The molecule has 2 aromatic carbocycles. The Balaban J connectivity index is 1.90. The Labute approximate surface area is 150 Å². The molecular formula is C18H17ClN2O4. The number of hydrogen-bond acceptors (Lipinski definition) is 4. The van der Waals surface area contributed by atoms with Crippen molar-refractivity contribution >= 4 is 35.1 Å². The van der Waals surface area contributed by atoms with E-state index in [9.17, 15) is 14.4 Å². The van der Waals surface area contributed by atoms with Crippen molar-refractivity contribution in [1.82, 2.24) is 5.32 Å². The van der Waals surface area contributed by atoms with Crippen LogP contribution in [-0.2, 0) is 20.7 Å². The molecule has 0 saturated heterocycles. The number of para-hydroxylation sites is 1. The van der Waals surface area contributed by atoms with Crippen molar-refractivity contribution in [2.45, 2.75) is 6.42 Å². The van der Waals surface area contributed by atoms with Gasteiger partial charge in [-0.25, -0.2) is 4.79 Å². The number of methoxy groups -OCH3 is 1. The zero-order valence-corrected chi connectivity index (χ0v) is 14.3. The number of benzene rings is 2. The molecule has 0 heterocycles. The Morgan fingerprint density at radius 1 is 1.04 bits per heavy atom. The number of carbonyl (C=O) groups excluding carboxylic acids is 3. The Kier molecular flexibility index (Phi) is 6.54. The first-order chi connectivity index (χ1) is 12.0. The van der Waals surface area contributed by atoms with Crippen LogP contribution in [0.15, 0.2) is 48.5 Å². The van der Waals surface area contributed by atoms with Crippen molar-refractivity contribution in [1.29, 1.82) is 0 Å². The highest BCUT2D eigenvalue weighted by atomic mass is 35.5. The summed E-state index contributed by atoms with van der Waals surface area (Å²) in [5.41, 5.74) is 1.33. The average Bonchev–Trinajstić information content (AvgIpc) is 2.61. The summed E-state index contributed by atoms with van der Waals surface area (Å²) < 4.78 is 4.64. The van der Waals surface area contributed by atoms with Crippen LogP contribution in [0.25, 0.3) is 0 Å². The van der Waals surface area contributed by atoms with E-state index in [1.54, 1.807) is 24.3 Å². The molecule has 130 valence electrons. The molecular weight excluding hydrogens is 344 g/mol. The lowest BCUT2D eigenvalue weighted by molar-refractivity contribution is -0.136. The molecule has 0 aliphatic heterocycles. The highest BCUT2D eigenvalue weighted by Crippen LogP contribution is 2.16. The fraction of sp³-hybridized carbons (Fsp3) is 0.167. The van der Waals surface area contributed by atoms with Crippen molar-refractivity contribution in [2.24, 2.45) is 0 Å². The summed E-state index contributed by atoms with van der Waals surface area (Å²) in [4.78, 5) is 35.5. The predicted molar refractivity (Wildman–Crippen MR) is 94.6 cm³/mol. The van der Waals surface area contributed by atoms with Gasteiger partial charge < -0.3 is 15.4 Å². The van der Waals surface area contributed by atoms with E-state index < -0.39 is 17.8 Å². The maximum absolute atomic E-state index is 12.0. The number of halogens is 1. The van der Waals surface area contributed by atoms with Gasteiger partial charge in [0.1, 0.15) is 0 Å². The summed E-state index contributed by atoms with van der Waals surface area (Å²) in [6.07, 6.45) is 0.540. The summed E-state index contributed by atoms with van der Waals surface area (Å²) in [5.74, 6) is -2.25. The van der Waals surface area contributed by atoms with E-state index in [1.165, 1.54) is 19.2 Å². The van der Waals surface area contributed by atoms with Crippen LogP contribution in [0.5, 0.6) is 0 Å². The third kappa shape index (κ3) is 5.32. The molecule has 25 heavy (non-hydrogen) atoms. The second-order valence-electron chi connectivity index (χ2n) is 5.13. The molecule has 0 atom stereocenters. The minimum atomic E-state index is -0.859. The van der Waals surface area contributed by atoms with Crippen LogP contribution in [-0.4, -0.2) is 31.4 Å². The molecule has 0 aliphatic carbocycles. The van der Waals surface area contributed by atoms with Crippen LogP contribution in [0.2, 0.25) is 5.02 Å². The molecule has 0 bridgehead atoms. The van der Waals surface area contributed by atoms with Crippen molar-refractivity contribution in [3.63, 3.8) is 0 Å². The van der Waals surface area contributed by atoms with E-state index in [2.05, 4.69) is 15.4 Å². The van der Waals surface area contributed by atoms with Gasteiger partial charge in [0.05, 0.1) is 18.4 Å². The van der Waals surface area contributed by atoms with E-state index >= 15 is 0 Å². The largest absolute Gasteiger partial charge is 0.465 e. The molecule has 2 rings (SSSR count). The molecule has 0 saturated carbocycles. The van der Waals surface area contributed by atoms with Gasteiger partial charge in [0.2, 0.25) is 0 Å². The molecule has 0 aromatic heterocycles. The van der Waals surface area contributed by atoms with Gasteiger partial charge >= 0.3 is 17.8 Å². The smallest absolute Gasteiger partial charge is 0.339 e. The number of anilines is 1. The predicted octanol–water partition coefficient (Wildman–Crippen LogP) is 2.42. The standard InChI is InChI=1S/C18H17ClN2O4/c1-25-18(24)14-7-2-3-8-15(14)21-17(23)16(22)20-10-9-12-5-4-6-13(19)11-12/h2-8,11H,9-10H2,1H3,(H,20,22)(H,21,23). The number of ether oxygens (including phenoxy) is 1. The lowest BCUT2D eigenvalue weighted by Crippen LogP contribution is -2.36. The van der Waals surface area contributed by atoms with Gasteiger partial charge in [-0.15, -0.1) is 0 Å². The number of esters is 1. The van der Waals surface area contributed by atoms with Crippen LogP contribution in [0.1, 0.15) is 15.9 Å². The van der Waals surface area contributed by atoms with Gasteiger partial charge in [0, 0.05) is 11.6 Å². The molecule has 0 unspecified atom stereocenters. The van der Waals surface area contributed by atoms with Gasteiger partial charge in [-0.2, -0.15) is 0 Å². The minimum Gasteiger partial charge on any atom is -0.465 e. The molecule has 0 fully saturated rings. The van der Waals surface area contributed by atoms with Crippen LogP contribution in [0.3, 0.4) is 0 Å². The first-order valence-corrected chi connectivity index (χ1v) is 7.90. The average molecular weight is 361 g/mol. The molecule has 2 amide bonds. The number of carbonyl (C=O) groups is 3. The first kappa shape index (κ1) is 18.5. The van der Waals surface area contributed by atoms with Gasteiger partial charge in [-0.05, 0) is 36.2 Å². The van der Waals surface area contributed by atoms with Gasteiger partial charge in [0.15, 0.2) is 0 Å².